The number of carbonyl (C=O) groups is 1. The molecule has 3 rings (SSSR count). The van der Waals surface area contributed by atoms with Crippen LogP contribution in [0.3, 0.4) is 0 Å². The van der Waals surface area contributed by atoms with Crippen LogP contribution in [0.2, 0.25) is 0 Å². The Morgan fingerprint density at radius 3 is 2.48 bits per heavy atom. The number of thioether (sulfide) groups is 1. The van der Waals surface area contributed by atoms with Crippen molar-refractivity contribution >= 4 is 38.9 Å². The average Bonchev–Trinajstić information content (AvgIpc) is 3.10. The predicted octanol–water partition coefficient (Wildman–Crippen LogP) is 4.95. The van der Waals surface area contributed by atoms with Gasteiger partial charge in [0.2, 0.25) is 0 Å². The van der Waals surface area contributed by atoms with Gasteiger partial charge in [-0.2, -0.15) is 8.42 Å². The van der Waals surface area contributed by atoms with Crippen LogP contribution in [-0.2, 0) is 14.8 Å². The Balaban J connectivity index is 1.85. The second kappa shape index (κ2) is 11.4. The molecule has 176 valence electrons. The zero-order valence-electron chi connectivity index (χ0n) is 19.0. The van der Waals surface area contributed by atoms with E-state index in [-0.39, 0.29) is 16.0 Å². The minimum atomic E-state index is -3.93. The molecular formula is C24H28N2O5S2. The molecule has 2 aromatic rings. The summed E-state index contributed by atoms with van der Waals surface area (Å²) in [6.07, 6.45) is 4.89. The zero-order chi connectivity index (χ0) is 23.8. The van der Waals surface area contributed by atoms with Crippen molar-refractivity contribution in [3.63, 3.8) is 0 Å². The highest BCUT2D eigenvalue weighted by Crippen LogP contribution is 2.35. The molecule has 0 unspecified atom stereocenters. The van der Waals surface area contributed by atoms with Gasteiger partial charge < -0.3 is 9.47 Å². The van der Waals surface area contributed by atoms with E-state index >= 15 is 0 Å². The Kier molecular flexibility index (Phi) is 8.57. The number of nitrogens with zero attached hydrogens (tertiary/aromatic N) is 2. The van der Waals surface area contributed by atoms with Gasteiger partial charge in [-0.15, -0.1) is 4.40 Å². The standard InChI is InChI=1S/C24H28N2O5S2/c1-4-6-10-15-31-20-14-13-18(16-21(20)30-3)17-22-23(27)26(5-2)24(32-22)25-33(28,29)19-11-8-7-9-12-19/h7-9,11-14,16-17H,4-6,10,15H2,1-3H3/b22-17-,25-24+. The average molecular weight is 489 g/mol. The number of amides is 1. The highest BCUT2D eigenvalue weighted by Gasteiger charge is 2.34. The third kappa shape index (κ3) is 6.17. The molecule has 0 aliphatic carbocycles. The number of ether oxygens (including phenoxy) is 2. The Labute approximate surface area is 199 Å². The molecule has 33 heavy (non-hydrogen) atoms. The second-order valence-corrected chi connectivity index (χ2v) is 9.90. The number of hydrogen-bond donors (Lipinski definition) is 0. The number of benzene rings is 2. The number of rotatable bonds is 10. The van der Waals surface area contributed by atoms with E-state index in [0.29, 0.717) is 29.6 Å². The largest absolute Gasteiger partial charge is 0.493 e. The van der Waals surface area contributed by atoms with Crippen molar-refractivity contribution in [2.45, 2.75) is 38.0 Å². The van der Waals surface area contributed by atoms with Gasteiger partial charge in [0.25, 0.3) is 15.9 Å². The molecule has 0 N–H and O–H groups in total. The summed E-state index contributed by atoms with van der Waals surface area (Å²) in [5, 5.41) is 0.139. The molecule has 0 radical (unpaired) electrons. The van der Waals surface area contributed by atoms with Crippen molar-refractivity contribution in [1.82, 2.24) is 4.90 Å². The maximum Gasteiger partial charge on any atom is 0.284 e. The quantitative estimate of drug-likeness (QED) is 0.348. The van der Waals surface area contributed by atoms with Crippen LogP contribution < -0.4 is 9.47 Å². The number of amidine groups is 1. The molecule has 1 saturated heterocycles. The van der Waals surface area contributed by atoms with Crippen LogP contribution in [-0.4, -0.2) is 44.7 Å². The highest BCUT2D eigenvalue weighted by atomic mass is 32.2. The van der Waals surface area contributed by atoms with Crippen molar-refractivity contribution in [1.29, 1.82) is 0 Å². The molecule has 0 saturated carbocycles. The molecule has 1 aliphatic heterocycles. The smallest absolute Gasteiger partial charge is 0.284 e. The van der Waals surface area contributed by atoms with E-state index in [2.05, 4.69) is 11.3 Å². The normalized spacial score (nSPS) is 16.6. The minimum absolute atomic E-state index is 0.0818. The summed E-state index contributed by atoms with van der Waals surface area (Å²) < 4.78 is 40.6. The summed E-state index contributed by atoms with van der Waals surface area (Å²) >= 11 is 1.04. The van der Waals surface area contributed by atoms with E-state index in [4.69, 9.17) is 9.47 Å². The van der Waals surface area contributed by atoms with Crippen LogP contribution in [0.4, 0.5) is 0 Å². The van der Waals surface area contributed by atoms with Gasteiger partial charge in [-0.1, -0.05) is 44.0 Å². The Morgan fingerprint density at radius 1 is 1.06 bits per heavy atom. The van der Waals surface area contributed by atoms with Crippen molar-refractivity contribution < 1.29 is 22.7 Å². The Morgan fingerprint density at radius 2 is 1.82 bits per heavy atom. The number of hydrogen-bond acceptors (Lipinski definition) is 6. The lowest BCUT2D eigenvalue weighted by Crippen LogP contribution is -2.29. The van der Waals surface area contributed by atoms with Gasteiger partial charge in [0, 0.05) is 6.54 Å². The van der Waals surface area contributed by atoms with Gasteiger partial charge in [0.1, 0.15) is 0 Å². The first-order chi connectivity index (χ1) is 15.9. The predicted molar refractivity (Wildman–Crippen MR) is 132 cm³/mol. The van der Waals surface area contributed by atoms with Crippen LogP contribution in [0.25, 0.3) is 6.08 Å². The molecule has 0 bridgehead atoms. The molecule has 0 spiro atoms. The number of likely N-dealkylation sites (N-methyl/N-ethyl adjacent to an activating group) is 1. The van der Waals surface area contributed by atoms with Gasteiger partial charge in [0.05, 0.1) is 23.5 Å². The molecule has 0 aromatic heterocycles. The molecule has 1 aliphatic rings. The summed E-state index contributed by atoms with van der Waals surface area (Å²) in [7, 11) is -2.36. The highest BCUT2D eigenvalue weighted by molar-refractivity contribution is 8.19. The van der Waals surface area contributed by atoms with Gasteiger partial charge >= 0.3 is 0 Å². The van der Waals surface area contributed by atoms with Gasteiger partial charge in [-0.05, 0) is 61.0 Å². The summed E-state index contributed by atoms with van der Waals surface area (Å²) in [4.78, 5) is 14.7. The van der Waals surface area contributed by atoms with Crippen molar-refractivity contribution in [2.24, 2.45) is 4.40 Å². The summed E-state index contributed by atoms with van der Waals surface area (Å²) in [6, 6.07) is 13.4. The number of sulfonamides is 1. The Bertz CT molecular complexity index is 1140. The first-order valence-electron chi connectivity index (χ1n) is 10.8. The van der Waals surface area contributed by atoms with E-state index in [0.717, 1.165) is 36.6 Å². The van der Waals surface area contributed by atoms with Crippen LogP contribution in [0.15, 0.2) is 62.7 Å². The lowest BCUT2D eigenvalue weighted by atomic mass is 10.2. The van der Waals surface area contributed by atoms with Crippen LogP contribution in [0, 0.1) is 0 Å². The molecule has 1 amide bonds. The van der Waals surface area contributed by atoms with Crippen molar-refractivity contribution in [2.75, 3.05) is 20.3 Å². The van der Waals surface area contributed by atoms with E-state index < -0.39 is 10.0 Å². The first kappa shape index (κ1) is 24.9. The summed E-state index contributed by atoms with van der Waals surface area (Å²) in [6.45, 7) is 4.83. The number of methoxy groups -OCH3 is 1. The van der Waals surface area contributed by atoms with E-state index in [1.165, 1.54) is 17.0 Å². The third-order valence-electron chi connectivity index (χ3n) is 4.93. The van der Waals surface area contributed by atoms with Crippen molar-refractivity contribution in [3.8, 4) is 11.5 Å². The third-order valence-corrected chi connectivity index (χ3v) is 7.34. The van der Waals surface area contributed by atoms with E-state index in [9.17, 15) is 13.2 Å². The first-order valence-corrected chi connectivity index (χ1v) is 13.1. The zero-order valence-corrected chi connectivity index (χ0v) is 20.6. The maximum atomic E-state index is 12.9. The fourth-order valence-corrected chi connectivity index (χ4v) is 5.45. The molecular weight excluding hydrogens is 460 g/mol. The summed E-state index contributed by atoms with van der Waals surface area (Å²) in [5.74, 6) is 0.931. The minimum Gasteiger partial charge on any atom is -0.493 e. The van der Waals surface area contributed by atoms with Crippen LogP contribution >= 0.6 is 11.8 Å². The SMILES string of the molecule is CCCCCOc1ccc(/C=C2\S/C(=N/S(=O)(=O)c3ccccc3)N(CC)C2=O)cc1OC. The number of unbranched alkanes of at least 4 members (excludes halogenated alkanes) is 2. The summed E-state index contributed by atoms with van der Waals surface area (Å²) in [5.41, 5.74) is 0.742. The molecule has 1 heterocycles. The molecule has 2 aromatic carbocycles. The van der Waals surface area contributed by atoms with Crippen molar-refractivity contribution in [3.05, 3.63) is 59.0 Å². The van der Waals surface area contributed by atoms with Crippen LogP contribution in [0.5, 0.6) is 11.5 Å². The lowest BCUT2D eigenvalue weighted by Gasteiger charge is -2.12. The van der Waals surface area contributed by atoms with Gasteiger partial charge in [0.15, 0.2) is 16.7 Å². The molecule has 7 nitrogen and oxygen atoms in total. The fourth-order valence-electron chi connectivity index (χ4n) is 3.18. The van der Waals surface area contributed by atoms with E-state index in [1.807, 2.05) is 12.1 Å². The second-order valence-electron chi connectivity index (χ2n) is 7.29. The molecule has 1 fully saturated rings. The molecule has 0 atom stereocenters. The van der Waals surface area contributed by atoms with Crippen LogP contribution in [0.1, 0.15) is 38.7 Å². The van der Waals surface area contributed by atoms with Gasteiger partial charge in [-0.25, -0.2) is 0 Å². The fraction of sp³-hybridized carbons (Fsp3) is 0.333. The monoisotopic (exact) mass is 488 g/mol. The Hall–Kier alpha value is -2.78. The molecule has 9 heteroatoms. The van der Waals surface area contributed by atoms with E-state index in [1.54, 1.807) is 44.4 Å². The number of carbonyl (C=O) groups excluding carboxylic acids is 1. The van der Waals surface area contributed by atoms with Gasteiger partial charge in [-0.3, -0.25) is 9.69 Å². The maximum absolute atomic E-state index is 12.9. The topological polar surface area (TPSA) is 85.3 Å². The lowest BCUT2D eigenvalue weighted by molar-refractivity contribution is -0.122.